The maximum absolute atomic E-state index is 12.7. The summed E-state index contributed by atoms with van der Waals surface area (Å²) < 4.78 is 32.0. The van der Waals surface area contributed by atoms with Crippen LogP contribution in [0.15, 0.2) is 35.7 Å². The predicted octanol–water partition coefficient (Wildman–Crippen LogP) is 0.932. The topological polar surface area (TPSA) is 75.7 Å². The molecule has 1 aliphatic heterocycles. The number of hydrogen-bond donors (Lipinski definition) is 1. The molecule has 1 fully saturated rings. The lowest BCUT2D eigenvalue weighted by Gasteiger charge is -2.26. The number of benzene rings is 1. The van der Waals surface area contributed by atoms with Gasteiger partial charge in [-0.15, -0.1) is 6.58 Å². The van der Waals surface area contributed by atoms with Crippen LogP contribution in [0.5, 0.6) is 0 Å². The van der Waals surface area contributed by atoms with Gasteiger partial charge in [-0.1, -0.05) is 12.1 Å². The average Bonchev–Trinajstić information content (AvgIpc) is 2.53. The second kappa shape index (κ2) is 7.04. The Balaban J connectivity index is 2.33. The molecule has 1 aromatic rings. The van der Waals surface area contributed by atoms with Crippen LogP contribution in [0.4, 0.5) is 0 Å². The molecule has 2 rings (SSSR count). The number of carbonyl (C=O) groups excluding carboxylic acids is 1. The van der Waals surface area contributed by atoms with E-state index < -0.39 is 10.0 Å². The Morgan fingerprint density at radius 3 is 2.73 bits per heavy atom. The number of sulfonamides is 1. The van der Waals surface area contributed by atoms with Gasteiger partial charge in [-0.25, -0.2) is 8.42 Å². The van der Waals surface area contributed by atoms with Crippen molar-refractivity contribution in [1.29, 1.82) is 0 Å². The predicted molar refractivity (Wildman–Crippen MR) is 83.3 cm³/mol. The van der Waals surface area contributed by atoms with Gasteiger partial charge in [0.2, 0.25) is 10.0 Å². The van der Waals surface area contributed by atoms with E-state index in [0.717, 1.165) is 0 Å². The van der Waals surface area contributed by atoms with Crippen LogP contribution in [0.25, 0.3) is 0 Å². The van der Waals surface area contributed by atoms with Crippen LogP contribution in [0.1, 0.15) is 15.9 Å². The molecule has 120 valence electrons. The van der Waals surface area contributed by atoms with Crippen molar-refractivity contribution in [1.82, 2.24) is 9.62 Å². The largest absolute Gasteiger partial charge is 0.379 e. The fourth-order valence-corrected chi connectivity index (χ4v) is 3.87. The lowest BCUT2D eigenvalue weighted by atomic mass is 10.1. The summed E-state index contributed by atoms with van der Waals surface area (Å²) in [5, 5.41) is 2.64. The fourth-order valence-electron chi connectivity index (χ4n) is 2.21. The minimum absolute atomic E-state index is 0.167. The molecule has 0 atom stereocenters. The molecular weight excluding hydrogens is 304 g/mol. The molecule has 1 amide bonds. The summed E-state index contributed by atoms with van der Waals surface area (Å²) in [5.74, 6) is -0.321. The number of hydrogen-bond acceptors (Lipinski definition) is 4. The van der Waals surface area contributed by atoms with Crippen molar-refractivity contribution in [3.8, 4) is 0 Å². The molecule has 1 N–H and O–H groups in total. The molecule has 1 saturated heterocycles. The van der Waals surface area contributed by atoms with Crippen molar-refractivity contribution in [2.75, 3.05) is 32.8 Å². The molecule has 0 aromatic heterocycles. The highest BCUT2D eigenvalue weighted by atomic mass is 32.2. The molecule has 0 aliphatic carbocycles. The first-order valence-electron chi connectivity index (χ1n) is 7.04. The second-order valence-electron chi connectivity index (χ2n) is 5.00. The van der Waals surface area contributed by atoms with Gasteiger partial charge < -0.3 is 10.1 Å². The van der Waals surface area contributed by atoms with Gasteiger partial charge in [-0.2, -0.15) is 4.31 Å². The first kappa shape index (κ1) is 16.7. The Morgan fingerprint density at radius 1 is 1.41 bits per heavy atom. The van der Waals surface area contributed by atoms with Gasteiger partial charge in [0.25, 0.3) is 5.91 Å². The van der Waals surface area contributed by atoms with E-state index in [-0.39, 0.29) is 10.8 Å². The number of amides is 1. The van der Waals surface area contributed by atoms with Gasteiger partial charge in [0.1, 0.15) is 0 Å². The molecule has 0 radical (unpaired) electrons. The Morgan fingerprint density at radius 2 is 2.09 bits per heavy atom. The summed E-state index contributed by atoms with van der Waals surface area (Å²) in [4.78, 5) is 12.2. The maximum Gasteiger partial charge on any atom is 0.251 e. The summed E-state index contributed by atoms with van der Waals surface area (Å²) in [6, 6.07) is 4.70. The van der Waals surface area contributed by atoms with Crippen LogP contribution in [0, 0.1) is 6.92 Å². The number of aryl methyl sites for hydroxylation is 1. The van der Waals surface area contributed by atoms with E-state index in [1.165, 1.54) is 10.4 Å². The summed E-state index contributed by atoms with van der Waals surface area (Å²) in [5.41, 5.74) is 0.936. The Bertz CT molecular complexity index is 664. The van der Waals surface area contributed by atoms with Gasteiger partial charge in [0.15, 0.2) is 0 Å². The SMILES string of the molecule is C=CCNC(=O)c1ccc(C)c(S(=O)(=O)N2CCOCC2)c1. The van der Waals surface area contributed by atoms with Crippen LogP contribution in [-0.4, -0.2) is 51.5 Å². The molecular formula is C15H20N2O4S. The zero-order valence-corrected chi connectivity index (χ0v) is 13.4. The van der Waals surface area contributed by atoms with Crippen LogP contribution < -0.4 is 5.32 Å². The first-order chi connectivity index (χ1) is 10.5. The van der Waals surface area contributed by atoms with Gasteiger partial charge in [0.05, 0.1) is 18.1 Å². The Hall–Kier alpha value is -1.70. The van der Waals surface area contributed by atoms with Crippen molar-refractivity contribution in [2.24, 2.45) is 0 Å². The van der Waals surface area contributed by atoms with E-state index in [9.17, 15) is 13.2 Å². The molecule has 7 heteroatoms. The highest BCUT2D eigenvalue weighted by Crippen LogP contribution is 2.22. The average molecular weight is 324 g/mol. The third-order valence-corrected chi connectivity index (χ3v) is 5.49. The van der Waals surface area contributed by atoms with Crippen molar-refractivity contribution in [3.63, 3.8) is 0 Å². The number of nitrogens with zero attached hydrogens (tertiary/aromatic N) is 1. The molecule has 0 unspecified atom stereocenters. The molecule has 0 spiro atoms. The summed E-state index contributed by atoms with van der Waals surface area (Å²) in [6.45, 7) is 7.01. The van der Waals surface area contributed by atoms with Crippen LogP contribution in [0.2, 0.25) is 0 Å². The summed E-state index contributed by atoms with van der Waals surface area (Å²) in [6.07, 6.45) is 1.57. The van der Waals surface area contributed by atoms with E-state index in [0.29, 0.717) is 44.0 Å². The lowest BCUT2D eigenvalue weighted by Crippen LogP contribution is -2.41. The zero-order valence-electron chi connectivity index (χ0n) is 12.5. The van der Waals surface area contributed by atoms with Crippen LogP contribution in [0.3, 0.4) is 0 Å². The lowest BCUT2D eigenvalue weighted by molar-refractivity contribution is 0.0730. The summed E-state index contributed by atoms with van der Waals surface area (Å²) in [7, 11) is -3.62. The van der Waals surface area contributed by atoms with E-state index in [1.54, 1.807) is 25.1 Å². The monoisotopic (exact) mass is 324 g/mol. The molecule has 1 aliphatic rings. The van der Waals surface area contributed by atoms with Gasteiger partial charge >= 0.3 is 0 Å². The van der Waals surface area contributed by atoms with Crippen molar-refractivity contribution < 1.29 is 17.9 Å². The highest BCUT2D eigenvalue weighted by Gasteiger charge is 2.28. The Kier molecular flexibility index (Phi) is 5.33. The first-order valence-corrected chi connectivity index (χ1v) is 8.48. The number of nitrogens with one attached hydrogen (secondary N) is 1. The van der Waals surface area contributed by atoms with Crippen molar-refractivity contribution in [3.05, 3.63) is 42.0 Å². The van der Waals surface area contributed by atoms with Crippen molar-refractivity contribution in [2.45, 2.75) is 11.8 Å². The molecule has 0 bridgehead atoms. The fraction of sp³-hybridized carbons (Fsp3) is 0.400. The molecule has 1 aromatic carbocycles. The second-order valence-corrected chi connectivity index (χ2v) is 6.90. The number of ether oxygens (including phenoxy) is 1. The molecule has 1 heterocycles. The quantitative estimate of drug-likeness (QED) is 0.818. The summed E-state index contributed by atoms with van der Waals surface area (Å²) >= 11 is 0. The van der Waals surface area contributed by atoms with E-state index >= 15 is 0 Å². The van der Waals surface area contributed by atoms with E-state index in [4.69, 9.17) is 4.74 Å². The minimum Gasteiger partial charge on any atom is -0.379 e. The van der Waals surface area contributed by atoms with Gasteiger partial charge in [-0.3, -0.25) is 4.79 Å². The molecule has 6 nitrogen and oxygen atoms in total. The number of carbonyl (C=O) groups is 1. The standard InChI is InChI=1S/C15H20N2O4S/c1-3-6-16-15(18)13-5-4-12(2)14(11-13)22(19,20)17-7-9-21-10-8-17/h3-5,11H,1,6-10H2,2H3,(H,16,18). The molecule has 0 saturated carbocycles. The highest BCUT2D eigenvalue weighted by molar-refractivity contribution is 7.89. The number of rotatable bonds is 5. The van der Waals surface area contributed by atoms with E-state index in [1.807, 2.05) is 0 Å². The van der Waals surface area contributed by atoms with Gasteiger partial charge in [0, 0.05) is 25.2 Å². The third kappa shape index (κ3) is 3.55. The zero-order chi connectivity index (χ0) is 16.2. The number of morpholine rings is 1. The Labute approximate surface area is 130 Å². The minimum atomic E-state index is -3.62. The van der Waals surface area contributed by atoms with Crippen LogP contribution >= 0.6 is 0 Å². The van der Waals surface area contributed by atoms with Crippen molar-refractivity contribution >= 4 is 15.9 Å². The third-order valence-electron chi connectivity index (χ3n) is 3.45. The van der Waals surface area contributed by atoms with Gasteiger partial charge in [-0.05, 0) is 24.6 Å². The normalized spacial score (nSPS) is 16.2. The van der Waals surface area contributed by atoms with E-state index in [2.05, 4.69) is 11.9 Å². The molecule has 22 heavy (non-hydrogen) atoms. The maximum atomic E-state index is 12.7. The smallest absolute Gasteiger partial charge is 0.251 e. The van der Waals surface area contributed by atoms with Crippen LogP contribution in [-0.2, 0) is 14.8 Å².